The molecule has 0 spiro atoms. The van der Waals surface area contributed by atoms with Crippen molar-refractivity contribution < 1.29 is 21.7 Å². The Hall–Kier alpha value is -1.33. The Kier molecular flexibility index (Phi) is 16.7. The fourth-order valence-electron chi connectivity index (χ4n) is 1.88. The Morgan fingerprint density at radius 2 is 1.28 bits per heavy atom. The topological polar surface area (TPSA) is 159 Å². The highest BCUT2D eigenvalue weighted by Crippen LogP contribution is 2.20. The van der Waals surface area contributed by atoms with Crippen molar-refractivity contribution in [2.75, 3.05) is 19.8 Å². The Morgan fingerprint density at radius 1 is 0.840 bits per heavy atom. The molecule has 0 atom stereocenters. The Bertz CT molecular complexity index is 493. The van der Waals surface area contributed by atoms with E-state index in [-0.39, 0.29) is 0 Å². The number of azide groups is 1. The zero-order valence-electron chi connectivity index (χ0n) is 15.3. The molecule has 0 saturated carbocycles. The van der Waals surface area contributed by atoms with Crippen molar-refractivity contribution in [2.45, 2.75) is 59.4 Å². The summed E-state index contributed by atoms with van der Waals surface area (Å²) in [6.45, 7) is 10.3. The average molecular weight is 397 g/mol. The molecule has 146 valence electrons. The van der Waals surface area contributed by atoms with E-state index in [1.165, 1.54) is 19.3 Å². The van der Waals surface area contributed by atoms with Gasteiger partial charge < -0.3 is 13.3 Å². The van der Waals surface area contributed by atoms with Crippen molar-refractivity contribution in [3.8, 4) is 0 Å². The molecular formula is C12H28N6O5SSi. The predicted molar refractivity (Wildman–Crippen MR) is 96.8 cm³/mol. The first-order chi connectivity index (χ1) is 11.9. The zero-order chi connectivity index (χ0) is 19.6. The summed E-state index contributed by atoms with van der Waals surface area (Å²) in [5, 5.41) is 0. The monoisotopic (exact) mass is 396 g/mol. The second-order valence-corrected chi connectivity index (χ2v) is 8.54. The van der Waals surface area contributed by atoms with Crippen LogP contribution in [0.15, 0.2) is 9.04 Å². The molecule has 0 saturated heterocycles. The molecule has 0 unspecified atom stereocenters. The maximum absolute atomic E-state index is 9.99. The Balaban J connectivity index is 0. The van der Waals surface area contributed by atoms with Crippen LogP contribution in [0.3, 0.4) is 0 Å². The summed E-state index contributed by atoms with van der Waals surface area (Å²) in [5.41, 5.74) is 15.0. The second-order valence-electron chi connectivity index (χ2n) is 4.58. The number of unbranched alkanes of at least 4 members (excludes halogenated alkanes) is 3. The van der Waals surface area contributed by atoms with Gasteiger partial charge in [0.05, 0.1) is 0 Å². The average Bonchev–Trinajstić information content (AvgIpc) is 2.53. The molecule has 0 aromatic carbocycles. The highest BCUT2D eigenvalue weighted by Gasteiger charge is 2.39. The molecule has 0 bridgehead atoms. The van der Waals surface area contributed by atoms with E-state index < -0.39 is 19.0 Å². The Morgan fingerprint density at radius 3 is 1.60 bits per heavy atom. The minimum atomic E-state index is -4.27. The summed E-state index contributed by atoms with van der Waals surface area (Å²) < 4.78 is 41.7. The van der Waals surface area contributed by atoms with E-state index in [1.54, 1.807) is 0 Å². The second kappa shape index (κ2) is 16.2. The first-order valence-corrected chi connectivity index (χ1v) is 11.5. The van der Waals surface area contributed by atoms with Crippen molar-refractivity contribution in [1.82, 2.24) is 0 Å². The van der Waals surface area contributed by atoms with Crippen LogP contribution >= 0.6 is 0 Å². The third-order valence-electron chi connectivity index (χ3n) is 2.71. The number of hydrogen-bond acceptors (Lipinski definition) is 5. The minimum Gasteiger partial charge on any atom is -0.374 e. The van der Waals surface area contributed by atoms with Crippen LogP contribution in [0, 0.1) is 0 Å². The van der Waals surface area contributed by atoms with Gasteiger partial charge in [-0.05, 0) is 38.3 Å². The van der Waals surface area contributed by atoms with Gasteiger partial charge in [0.1, 0.15) is 0 Å². The van der Waals surface area contributed by atoms with Gasteiger partial charge in [-0.3, -0.25) is 0 Å². The van der Waals surface area contributed by atoms with Crippen LogP contribution in [0.4, 0.5) is 0 Å². The smallest absolute Gasteiger partial charge is 0.374 e. The first kappa shape index (κ1) is 25.9. The zero-order valence-corrected chi connectivity index (χ0v) is 17.1. The SMILES string of the molecule is CCCCCC[Si](OCC)(OCC)OCC.[N-]=[N+]=NS(=O)(=O)N=[N+]=[N-]. The van der Waals surface area contributed by atoms with E-state index >= 15 is 0 Å². The van der Waals surface area contributed by atoms with Crippen molar-refractivity contribution in [1.29, 1.82) is 0 Å². The first-order valence-electron chi connectivity index (χ1n) is 8.16. The third-order valence-corrected chi connectivity index (χ3v) is 6.42. The molecule has 0 heterocycles. The summed E-state index contributed by atoms with van der Waals surface area (Å²) >= 11 is 0. The van der Waals surface area contributed by atoms with E-state index in [1.807, 2.05) is 30.6 Å². The van der Waals surface area contributed by atoms with Crippen LogP contribution < -0.4 is 0 Å². The van der Waals surface area contributed by atoms with Crippen LogP contribution in [0.25, 0.3) is 20.9 Å². The fraction of sp³-hybridized carbons (Fsp3) is 1.00. The van der Waals surface area contributed by atoms with Crippen molar-refractivity contribution in [3.63, 3.8) is 0 Å². The molecule has 0 aliphatic heterocycles. The summed E-state index contributed by atoms with van der Waals surface area (Å²) in [6, 6.07) is 0.961. The van der Waals surface area contributed by atoms with Crippen LogP contribution in [-0.2, 0) is 23.5 Å². The maximum Gasteiger partial charge on any atom is 0.500 e. The van der Waals surface area contributed by atoms with E-state index in [9.17, 15) is 8.42 Å². The van der Waals surface area contributed by atoms with Gasteiger partial charge >= 0.3 is 19.0 Å². The van der Waals surface area contributed by atoms with E-state index in [4.69, 9.17) is 24.3 Å². The highest BCUT2D eigenvalue weighted by atomic mass is 32.2. The molecule has 0 N–H and O–H groups in total. The molecule has 0 aromatic rings. The van der Waals surface area contributed by atoms with Crippen LogP contribution in [0.1, 0.15) is 53.4 Å². The minimum absolute atomic E-state index is 0.681. The number of hydrogen-bond donors (Lipinski definition) is 0. The van der Waals surface area contributed by atoms with Crippen LogP contribution in [0.2, 0.25) is 6.04 Å². The lowest BCUT2D eigenvalue weighted by atomic mass is 10.2. The van der Waals surface area contributed by atoms with Gasteiger partial charge in [0.15, 0.2) is 0 Å². The number of rotatable bonds is 13. The maximum atomic E-state index is 9.99. The predicted octanol–water partition coefficient (Wildman–Crippen LogP) is 4.47. The summed E-state index contributed by atoms with van der Waals surface area (Å²) in [6.07, 6.45) is 4.94. The lowest BCUT2D eigenvalue weighted by Crippen LogP contribution is -2.45. The quantitative estimate of drug-likeness (QED) is 0.147. The lowest BCUT2D eigenvalue weighted by Gasteiger charge is -2.28. The molecule has 0 rings (SSSR count). The van der Waals surface area contributed by atoms with Gasteiger partial charge in [-0.1, -0.05) is 26.2 Å². The lowest BCUT2D eigenvalue weighted by molar-refractivity contribution is 0.0706. The van der Waals surface area contributed by atoms with Crippen LogP contribution in [0.5, 0.6) is 0 Å². The molecule has 13 heteroatoms. The van der Waals surface area contributed by atoms with Gasteiger partial charge in [-0.15, -0.1) is 0 Å². The standard InChI is InChI=1S/C12H28O3Si.N6O2S/c1-5-9-10-11-12-16(13-6-2,14-7-3)15-8-4;1-3-5-9(7,8)6-4-2/h5-12H2,1-4H3;. The van der Waals surface area contributed by atoms with Gasteiger partial charge in [0.2, 0.25) is 0 Å². The molecule has 0 aromatic heterocycles. The van der Waals surface area contributed by atoms with E-state index in [0.29, 0.717) is 19.8 Å². The van der Waals surface area contributed by atoms with Crippen LogP contribution in [-0.4, -0.2) is 37.0 Å². The van der Waals surface area contributed by atoms with Gasteiger partial charge in [0, 0.05) is 44.7 Å². The highest BCUT2D eigenvalue weighted by molar-refractivity contribution is 7.88. The van der Waals surface area contributed by atoms with Crippen molar-refractivity contribution >= 4 is 19.0 Å². The fourth-order valence-corrected chi connectivity index (χ4v) is 4.78. The number of nitrogens with zero attached hydrogens (tertiary/aromatic N) is 6. The molecule has 0 fully saturated rings. The normalized spacial score (nSPS) is 10.9. The molecular weight excluding hydrogens is 368 g/mol. The van der Waals surface area contributed by atoms with Gasteiger partial charge in [0.25, 0.3) is 0 Å². The molecule has 25 heavy (non-hydrogen) atoms. The van der Waals surface area contributed by atoms with Gasteiger partial charge in [-0.25, -0.2) is 8.42 Å². The molecule has 11 nitrogen and oxygen atoms in total. The molecule has 0 radical (unpaired) electrons. The molecule has 0 amide bonds. The largest absolute Gasteiger partial charge is 0.500 e. The van der Waals surface area contributed by atoms with E-state index in [2.05, 4.69) is 16.0 Å². The van der Waals surface area contributed by atoms with Gasteiger partial charge in [-0.2, -0.15) is 0 Å². The molecule has 0 aliphatic carbocycles. The summed E-state index contributed by atoms with van der Waals surface area (Å²) in [7, 11) is -6.61. The third kappa shape index (κ3) is 14.7. The Labute approximate surface area is 150 Å². The molecule has 0 aliphatic rings. The summed E-state index contributed by atoms with van der Waals surface area (Å²) in [5.74, 6) is 0. The van der Waals surface area contributed by atoms with Crippen molar-refractivity contribution in [2.24, 2.45) is 9.04 Å². The van der Waals surface area contributed by atoms with Crippen molar-refractivity contribution in [3.05, 3.63) is 20.9 Å². The van der Waals surface area contributed by atoms with E-state index in [0.717, 1.165) is 12.5 Å². The summed E-state index contributed by atoms with van der Waals surface area (Å²) in [4.78, 5) is 3.80.